The predicted molar refractivity (Wildman–Crippen MR) is 90.2 cm³/mol. The highest BCUT2D eigenvalue weighted by atomic mass is 35.5. The van der Waals surface area contributed by atoms with Gasteiger partial charge in [-0.05, 0) is 12.1 Å². The number of methoxy groups -OCH3 is 1. The van der Waals surface area contributed by atoms with Crippen LogP contribution in [-0.2, 0) is 23.9 Å². The molecule has 0 spiro atoms. The molecule has 0 saturated carbocycles. The van der Waals surface area contributed by atoms with Crippen LogP contribution in [0.15, 0.2) is 33.9 Å². The highest BCUT2D eigenvalue weighted by molar-refractivity contribution is 7.85. The highest BCUT2D eigenvalue weighted by Crippen LogP contribution is 2.34. The van der Waals surface area contributed by atoms with Crippen molar-refractivity contribution in [3.63, 3.8) is 0 Å². The van der Waals surface area contributed by atoms with E-state index in [1.807, 2.05) is 0 Å². The van der Waals surface area contributed by atoms with E-state index in [0.717, 1.165) is 19.4 Å². The lowest BCUT2D eigenvalue weighted by Crippen LogP contribution is -2.29. The summed E-state index contributed by atoms with van der Waals surface area (Å²) in [7, 11) is -2.71. The minimum absolute atomic E-state index is 0.0343. The molecule has 0 radical (unpaired) electrons. The van der Waals surface area contributed by atoms with Gasteiger partial charge in [-0.1, -0.05) is 29.3 Å². The molecule has 0 aromatic heterocycles. The summed E-state index contributed by atoms with van der Waals surface area (Å²) in [6.07, 6.45) is 0.788. The van der Waals surface area contributed by atoms with Gasteiger partial charge in [0.1, 0.15) is 5.82 Å². The van der Waals surface area contributed by atoms with Crippen molar-refractivity contribution in [1.29, 1.82) is 0 Å². The lowest BCUT2D eigenvalue weighted by molar-refractivity contribution is -0.132. The summed E-state index contributed by atoms with van der Waals surface area (Å²) in [5, 5.41) is 0.0164. The van der Waals surface area contributed by atoms with Crippen molar-refractivity contribution in [2.24, 2.45) is 4.99 Å². The van der Waals surface area contributed by atoms with E-state index in [2.05, 4.69) is 19.5 Å². The molecule has 0 aliphatic carbocycles. The van der Waals surface area contributed by atoms with E-state index >= 15 is 0 Å². The van der Waals surface area contributed by atoms with Crippen LogP contribution in [0.3, 0.4) is 0 Å². The molecule has 0 amide bonds. The number of esters is 1. The Morgan fingerprint density at radius 1 is 1.40 bits per heavy atom. The Morgan fingerprint density at radius 3 is 2.64 bits per heavy atom. The summed E-state index contributed by atoms with van der Waals surface area (Å²) in [6.45, 7) is 0. The number of rotatable bonds is 5. The van der Waals surface area contributed by atoms with Gasteiger partial charge < -0.3 is 4.74 Å². The number of nitrogens with one attached hydrogen (secondary N) is 1. The lowest BCUT2D eigenvalue weighted by Gasteiger charge is -2.23. The monoisotopic (exact) mass is 410 g/mol. The van der Waals surface area contributed by atoms with Gasteiger partial charge in [0.2, 0.25) is 0 Å². The van der Waals surface area contributed by atoms with Gasteiger partial charge in [-0.15, -0.1) is 0 Å². The fourth-order valence-corrected chi connectivity index (χ4v) is 2.74. The van der Waals surface area contributed by atoms with Crippen LogP contribution in [0.25, 0.3) is 0 Å². The average molecular weight is 411 g/mol. The molecular formula is C14H13Cl2FN2O5S. The maximum Gasteiger partial charge on any atom is 0.357 e. The van der Waals surface area contributed by atoms with Crippen molar-refractivity contribution in [2.75, 3.05) is 13.4 Å². The first-order valence-electron chi connectivity index (χ1n) is 6.77. The topological polar surface area (TPSA) is 94.1 Å². The van der Waals surface area contributed by atoms with Gasteiger partial charge in [-0.2, -0.15) is 12.7 Å². The third kappa shape index (κ3) is 4.91. The van der Waals surface area contributed by atoms with E-state index < -0.39 is 27.9 Å². The Labute approximate surface area is 153 Å². The van der Waals surface area contributed by atoms with Crippen molar-refractivity contribution in [1.82, 2.24) is 5.48 Å². The van der Waals surface area contributed by atoms with Gasteiger partial charge in [0.05, 0.1) is 30.1 Å². The van der Waals surface area contributed by atoms with Crippen LogP contribution >= 0.6 is 23.2 Å². The van der Waals surface area contributed by atoms with Crippen LogP contribution in [0.1, 0.15) is 18.0 Å². The minimum atomic E-state index is -3.84. The molecule has 1 aromatic carbocycles. The number of ether oxygens (including phenoxy) is 1. The Balaban J connectivity index is 2.43. The summed E-state index contributed by atoms with van der Waals surface area (Å²) < 4.78 is 45.6. The molecule has 1 unspecified atom stereocenters. The number of dihydropyridines is 1. The van der Waals surface area contributed by atoms with Gasteiger partial charge in [0.25, 0.3) is 10.1 Å². The smallest absolute Gasteiger partial charge is 0.357 e. The Hall–Kier alpha value is -1.68. The number of hydroxylamine groups is 1. The van der Waals surface area contributed by atoms with Crippen molar-refractivity contribution in [2.45, 2.75) is 12.5 Å². The lowest BCUT2D eigenvalue weighted by atomic mass is 9.98. The second kappa shape index (κ2) is 7.69. The summed E-state index contributed by atoms with van der Waals surface area (Å²) in [5.41, 5.74) is 2.08. The molecule has 1 aromatic rings. The molecule has 1 heterocycles. The SMILES string of the molecule is COC(=O)C1=NC(c2ccc(Cl)cc2F)CC(NOS(C)(=O)=O)=C1Cl. The second-order valence-electron chi connectivity index (χ2n) is 5.04. The standard InChI is InChI=1S/C14H13Cl2FN2O5S/c1-23-14(20)13-12(16)11(19-24-25(2,21)22)6-10(18-13)8-4-3-7(15)5-9(8)17/h3-5,10,19H,6H2,1-2H3. The zero-order valence-corrected chi connectivity index (χ0v) is 15.4. The number of halogens is 3. The summed E-state index contributed by atoms with van der Waals surface area (Å²) >= 11 is 11.8. The third-order valence-corrected chi connectivity index (χ3v) is 4.20. The van der Waals surface area contributed by atoms with Crippen LogP contribution in [0.5, 0.6) is 0 Å². The molecule has 11 heteroatoms. The van der Waals surface area contributed by atoms with E-state index in [1.165, 1.54) is 12.1 Å². The summed E-state index contributed by atoms with van der Waals surface area (Å²) in [5.74, 6) is -1.49. The maximum absolute atomic E-state index is 14.2. The number of hydrogen-bond acceptors (Lipinski definition) is 7. The number of carbonyl (C=O) groups is 1. The third-order valence-electron chi connectivity index (χ3n) is 3.17. The van der Waals surface area contributed by atoms with Crippen LogP contribution in [0.2, 0.25) is 5.02 Å². The summed E-state index contributed by atoms with van der Waals surface area (Å²) in [4.78, 5) is 16.0. The quantitative estimate of drug-likeness (QED) is 0.591. The fraction of sp³-hybridized carbons (Fsp3) is 0.286. The van der Waals surface area contributed by atoms with Crippen molar-refractivity contribution < 1.29 is 26.6 Å². The molecule has 2 rings (SSSR count). The molecule has 136 valence electrons. The van der Waals surface area contributed by atoms with Gasteiger partial charge in [-0.25, -0.2) is 9.18 Å². The molecule has 1 aliphatic rings. The molecule has 1 aliphatic heterocycles. The van der Waals surface area contributed by atoms with E-state index in [9.17, 15) is 17.6 Å². The van der Waals surface area contributed by atoms with Gasteiger partial charge in [0.15, 0.2) is 5.71 Å². The molecule has 25 heavy (non-hydrogen) atoms. The normalized spacial score (nSPS) is 18.0. The second-order valence-corrected chi connectivity index (χ2v) is 7.43. The van der Waals surface area contributed by atoms with E-state index in [0.29, 0.717) is 0 Å². The summed E-state index contributed by atoms with van der Waals surface area (Å²) in [6, 6.07) is 3.12. The number of aliphatic imine (C=N–C) groups is 1. The Kier molecular flexibility index (Phi) is 6.04. The van der Waals surface area contributed by atoms with Crippen molar-refractivity contribution in [3.8, 4) is 0 Å². The minimum Gasteiger partial charge on any atom is -0.464 e. The van der Waals surface area contributed by atoms with Crippen molar-refractivity contribution in [3.05, 3.63) is 45.3 Å². The first-order chi connectivity index (χ1) is 11.6. The van der Waals surface area contributed by atoms with Crippen LogP contribution in [0.4, 0.5) is 4.39 Å². The zero-order valence-electron chi connectivity index (χ0n) is 13.0. The molecule has 0 bridgehead atoms. The van der Waals surface area contributed by atoms with E-state index in [-0.39, 0.29) is 33.4 Å². The largest absolute Gasteiger partial charge is 0.464 e. The Bertz CT molecular complexity index is 870. The van der Waals surface area contributed by atoms with Crippen LogP contribution in [0, 0.1) is 5.82 Å². The number of carbonyl (C=O) groups excluding carboxylic acids is 1. The number of nitrogens with zero attached hydrogens (tertiary/aromatic N) is 1. The zero-order chi connectivity index (χ0) is 18.8. The van der Waals surface area contributed by atoms with E-state index in [4.69, 9.17) is 23.2 Å². The molecule has 1 N–H and O–H groups in total. The van der Waals surface area contributed by atoms with Crippen molar-refractivity contribution >= 4 is 45.0 Å². The highest BCUT2D eigenvalue weighted by Gasteiger charge is 2.30. The van der Waals surface area contributed by atoms with Crippen LogP contribution < -0.4 is 5.48 Å². The first-order valence-corrected chi connectivity index (χ1v) is 9.34. The van der Waals surface area contributed by atoms with Gasteiger partial charge >= 0.3 is 5.97 Å². The van der Waals surface area contributed by atoms with Crippen LogP contribution in [-0.4, -0.2) is 33.5 Å². The fourth-order valence-electron chi connectivity index (χ4n) is 2.09. The number of hydrogen-bond donors (Lipinski definition) is 1. The molecule has 0 fully saturated rings. The predicted octanol–water partition coefficient (Wildman–Crippen LogP) is 2.47. The van der Waals surface area contributed by atoms with Gasteiger partial charge in [0, 0.05) is 17.0 Å². The Morgan fingerprint density at radius 2 is 2.08 bits per heavy atom. The first kappa shape index (κ1) is 19.6. The number of benzene rings is 1. The maximum atomic E-state index is 14.2. The molecule has 0 saturated heterocycles. The van der Waals surface area contributed by atoms with Gasteiger partial charge in [-0.3, -0.25) is 10.5 Å². The van der Waals surface area contributed by atoms with E-state index in [1.54, 1.807) is 0 Å². The average Bonchev–Trinajstić information content (AvgIpc) is 2.52. The molecule has 7 nitrogen and oxygen atoms in total. The molecule has 1 atom stereocenters. The molecular weight excluding hydrogens is 398 g/mol.